The number of hydrogen-bond acceptors (Lipinski definition) is 3. The Morgan fingerprint density at radius 2 is 0.903 bits per heavy atom. The molecular weight excluding hydrogens is 402 g/mol. The highest BCUT2D eigenvalue weighted by Gasteiger charge is 2.10. The zero-order chi connectivity index (χ0) is 21.0. The van der Waals surface area contributed by atoms with Crippen LogP contribution in [0.2, 0.25) is 5.02 Å². The third-order valence-corrected chi connectivity index (χ3v) is 5.33. The van der Waals surface area contributed by atoms with E-state index in [0.717, 1.165) is 50.1 Å². The fraction of sp³-hybridized carbons (Fsp3) is 0. The second kappa shape index (κ2) is 8.50. The molecule has 148 valence electrons. The first-order valence-corrected chi connectivity index (χ1v) is 10.4. The van der Waals surface area contributed by atoms with Gasteiger partial charge in [0.05, 0.1) is 22.8 Å². The number of halogens is 1. The van der Waals surface area contributed by atoms with Gasteiger partial charge in [0, 0.05) is 17.4 Å². The van der Waals surface area contributed by atoms with Crippen LogP contribution in [0, 0.1) is 0 Å². The summed E-state index contributed by atoms with van der Waals surface area (Å²) in [4.78, 5) is 13.8. The lowest BCUT2D eigenvalue weighted by atomic mass is 9.99. The SMILES string of the molecule is Clc1ccc(-c2ccc(-c3cc(-c4ccccn4)nc(-c4ccccn4)c3)cc2)cc1. The molecule has 3 aromatic heterocycles. The number of rotatable bonds is 4. The molecule has 0 aliphatic rings. The van der Waals surface area contributed by atoms with Gasteiger partial charge in [-0.15, -0.1) is 0 Å². The van der Waals surface area contributed by atoms with Crippen molar-refractivity contribution >= 4 is 11.6 Å². The summed E-state index contributed by atoms with van der Waals surface area (Å²) in [7, 11) is 0. The van der Waals surface area contributed by atoms with E-state index in [4.69, 9.17) is 16.6 Å². The predicted octanol–water partition coefficient (Wildman–Crippen LogP) is 7.19. The molecule has 0 unspecified atom stereocenters. The summed E-state index contributed by atoms with van der Waals surface area (Å²) in [5.41, 5.74) is 7.76. The Morgan fingerprint density at radius 3 is 1.35 bits per heavy atom. The number of hydrogen-bond donors (Lipinski definition) is 0. The van der Waals surface area contributed by atoms with E-state index in [1.165, 1.54) is 0 Å². The first kappa shape index (κ1) is 19.2. The van der Waals surface area contributed by atoms with E-state index in [2.05, 4.69) is 46.4 Å². The molecule has 0 radical (unpaired) electrons. The third kappa shape index (κ3) is 4.23. The van der Waals surface area contributed by atoms with Crippen LogP contribution < -0.4 is 0 Å². The largest absolute Gasteiger partial charge is 0.255 e. The van der Waals surface area contributed by atoms with Gasteiger partial charge in [0.1, 0.15) is 0 Å². The van der Waals surface area contributed by atoms with E-state index in [-0.39, 0.29) is 0 Å². The number of pyridine rings is 3. The lowest BCUT2D eigenvalue weighted by Gasteiger charge is -2.10. The lowest BCUT2D eigenvalue weighted by molar-refractivity contribution is 1.22. The van der Waals surface area contributed by atoms with E-state index < -0.39 is 0 Å². The van der Waals surface area contributed by atoms with Crippen molar-refractivity contribution in [2.45, 2.75) is 0 Å². The van der Waals surface area contributed by atoms with Gasteiger partial charge in [0.2, 0.25) is 0 Å². The molecule has 5 aromatic rings. The zero-order valence-corrected chi connectivity index (χ0v) is 17.4. The van der Waals surface area contributed by atoms with E-state index in [1.807, 2.05) is 60.7 Å². The summed E-state index contributed by atoms with van der Waals surface area (Å²) in [6.07, 6.45) is 3.57. The second-order valence-corrected chi connectivity index (χ2v) is 7.58. The van der Waals surface area contributed by atoms with Gasteiger partial charge < -0.3 is 0 Å². The minimum Gasteiger partial charge on any atom is -0.255 e. The minimum atomic E-state index is 0.737. The summed E-state index contributed by atoms with van der Waals surface area (Å²) < 4.78 is 0. The topological polar surface area (TPSA) is 38.7 Å². The van der Waals surface area contributed by atoms with Crippen LogP contribution in [0.15, 0.2) is 109 Å². The van der Waals surface area contributed by atoms with Crippen LogP contribution in [0.25, 0.3) is 45.0 Å². The maximum atomic E-state index is 6.02. The van der Waals surface area contributed by atoms with Crippen LogP contribution in [0.5, 0.6) is 0 Å². The maximum absolute atomic E-state index is 6.02. The Bertz CT molecular complexity index is 1240. The zero-order valence-electron chi connectivity index (χ0n) is 16.6. The highest BCUT2D eigenvalue weighted by Crippen LogP contribution is 2.30. The summed E-state index contributed by atoms with van der Waals surface area (Å²) >= 11 is 6.02. The van der Waals surface area contributed by atoms with Crippen molar-refractivity contribution in [2.24, 2.45) is 0 Å². The molecule has 31 heavy (non-hydrogen) atoms. The molecule has 0 fully saturated rings. The van der Waals surface area contributed by atoms with Crippen molar-refractivity contribution in [2.75, 3.05) is 0 Å². The smallest absolute Gasteiger partial charge is 0.0900 e. The lowest BCUT2D eigenvalue weighted by Crippen LogP contribution is -1.93. The van der Waals surface area contributed by atoms with Gasteiger partial charge in [-0.05, 0) is 70.8 Å². The molecule has 3 heterocycles. The van der Waals surface area contributed by atoms with Crippen LogP contribution in [0.3, 0.4) is 0 Å². The van der Waals surface area contributed by atoms with E-state index in [0.29, 0.717) is 0 Å². The van der Waals surface area contributed by atoms with E-state index >= 15 is 0 Å². The highest BCUT2D eigenvalue weighted by atomic mass is 35.5. The monoisotopic (exact) mass is 419 g/mol. The Labute approximate surface area is 186 Å². The Morgan fingerprint density at radius 1 is 0.452 bits per heavy atom. The molecule has 0 amide bonds. The van der Waals surface area contributed by atoms with Crippen molar-refractivity contribution in [1.82, 2.24) is 15.0 Å². The standard InChI is InChI=1S/C27H18ClN3/c28-23-13-11-20(12-14-23)19-7-9-21(10-8-19)22-17-26(24-5-1-3-15-29-24)31-27(18-22)25-6-2-4-16-30-25/h1-18H. The van der Waals surface area contributed by atoms with Crippen molar-refractivity contribution in [3.8, 4) is 45.0 Å². The van der Waals surface area contributed by atoms with Gasteiger partial charge in [-0.1, -0.05) is 60.1 Å². The van der Waals surface area contributed by atoms with Crippen LogP contribution in [-0.2, 0) is 0 Å². The fourth-order valence-electron chi connectivity index (χ4n) is 3.49. The normalized spacial score (nSPS) is 10.7. The van der Waals surface area contributed by atoms with Gasteiger partial charge in [-0.3, -0.25) is 9.97 Å². The summed E-state index contributed by atoms with van der Waals surface area (Å²) in [6, 6.07) is 32.2. The average Bonchev–Trinajstić information content (AvgIpc) is 2.85. The van der Waals surface area contributed by atoms with Gasteiger partial charge in [-0.25, -0.2) is 4.98 Å². The van der Waals surface area contributed by atoms with Crippen LogP contribution in [0.4, 0.5) is 0 Å². The van der Waals surface area contributed by atoms with E-state index in [9.17, 15) is 0 Å². The molecular formula is C27H18ClN3. The summed E-state index contributed by atoms with van der Waals surface area (Å²) in [5, 5.41) is 0.737. The molecule has 0 spiro atoms. The molecule has 3 nitrogen and oxygen atoms in total. The first-order chi connectivity index (χ1) is 15.3. The quantitative estimate of drug-likeness (QED) is 0.309. The molecule has 0 aliphatic heterocycles. The molecule has 0 atom stereocenters. The first-order valence-electron chi connectivity index (χ1n) is 9.97. The molecule has 2 aromatic carbocycles. The summed E-state index contributed by atoms with van der Waals surface area (Å²) in [5.74, 6) is 0. The number of nitrogens with zero attached hydrogens (tertiary/aromatic N) is 3. The van der Waals surface area contributed by atoms with Gasteiger partial charge in [0.15, 0.2) is 0 Å². The Kier molecular flexibility index (Phi) is 5.26. The predicted molar refractivity (Wildman–Crippen MR) is 127 cm³/mol. The number of benzene rings is 2. The number of aromatic nitrogens is 3. The Balaban J connectivity index is 1.58. The molecule has 0 aliphatic carbocycles. The van der Waals surface area contributed by atoms with Crippen molar-refractivity contribution < 1.29 is 0 Å². The van der Waals surface area contributed by atoms with Gasteiger partial charge >= 0.3 is 0 Å². The molecule has 0 N–H and O–H groups in total. The fourth-order valence-corrected chi connectivity index (χ4v) is 3.61. The summed E-state index contributed by atoms with van der Waals surface area (Å²) in [6.45, 7) is 0. The van der Waals surface area contributed by atoms with Gasteiger partial charge in [-0.2, -0.15) is 0 Å². The van der Waals surface area contributed by atoms with Crippen LogP contribution in [-0.4, -0.2) is 15.0 Å². The van der Waals surface area contributed by atoms with Gasteiger partial charge in [0.25, 0.3) is 0 Å². The van der Waals surface area contributed by atoms with Crippen molar-refractivity contribution in [1.29, 1.82) is 0 Å². The molecule has 4 heteroatoms. The third-order valence-electron chi connectivity index (χ3n) is 5.08. The minimum absolute atomic E-state index is 0.737. The molecule has 5 rings (SSSR count). The van der Waals surface area contributed by atoms with Crippen molar-refractivity contribution in [3.63, 3.8) is 0 Å². The van der Waals surface area contributed by atoms with Crippen molar-refractivity contribution in [3.05, 3.63) is 114 Å². The van der Waals surface area contributed by atoms with Crippen LogP contribution >= 0.6 is 11.6 Å². The molecule has 0 saturated carbocycles. The highest BCUT2D eigenvalue weighted by molar-refractivity contribution is 6.30. The van der Waals surface area contributed by atoms with E-state index in [1.54, 1.807) is 12.4 Å². The Hall–Kier alpha value is -3.82. The average molecular weight is 420 g/mol. The molecule has 0 bridgehead atoms. The van der Waals surface area contributed by atoms with Crippen LogP contribution in [0.1, 0.15) is 0 Å². The second-order valence-electron chi connectivity index (χ2n) is 7.14. The molecule has 0 saturated heterocycles. The maximum Gasteiger partial charge on any atom is 0.0900 e.